The van der Waals surface area contributed by atoms with Gasteiger partial charge in [-0.2, -0.15) is 13.2 Å². The average molecular weight is 582 g/mol. The third-order valence-corrected chi connectivity index (χ3v) is 12.1. The Labute approximate surface area is 241 Å². The molecule has 4 aliphatic rings. The molecule has 5 rings (SSSR count). The third-order valence-electron chi connectivity index (χ3n) is 12.1. The first-order chi connectivity index (χ1) is 19.2. The van der Waals surface area contributed by atoms with Crippen molar-refractivity contribution in [3.05, 3.63) is 18.2 Å². The molecule has 0 aliphatic heterocycles. The molecule has 0 aromatic heterocycles. The molecule has 0 bridgehead atoms. The number of carbonyl (C=O) groups excluding carboxylic acids is 1. The monoisotopic (exact) mass is 581 g/mol. The number of fused-ring (bicyclic) bond motifs is 5. The molecule has 230 valence electrons. The maximum absolute atomic E-state index is 13.3. The smallest absolute Gasteiger partial charge is 0.438 e. The number of nitrogens with one attached hydrogen (secondary N) is 1. The van der Waals surface area contributed by atoms with Gasteiger partial charge in [-0.25, -0.2) is 4.39 Å². The Morgan fingerprint density at radius 2 is 1.76 bits per heavy atom. The van der Waals surface area contributed by atoms with Gasteiger partial charge < -0.3 is 21.5 Å². The number of benzene rings is 1. The first-order valence-corrected chi connectivity index (χ1v) is 15.5. The van der Waals surface area contributed by atoms with Gasteiger partial charge >= 0.3 is 6.18 Å². The average Bonchev–Trinajstić information content (AvgIpc) is 3.26. The maximum Gasteiger partial charge on any atom is 0.438 e. The van der Waals surface area contributed by atoms with Crippen molar-refractivity contribution in [1.29, 1.82) is 0 Å². The van der Waals surface area contributed by atoms with Crippen LogP contribution in [0.15, 0.2) is 18.2 Å². The number of anilines is 2. The standard InChI is InChI=1S/C32H47F4N3O2/c1-18(4-11-28(40)39-29(33)32(34,35)36)23-8-9-24-22-7-5-19-16-21(41-27-10-6-20(37)17-26(27)38)12-14-30(19,2)25(22)13-15-31(23,24)3/h6,10,17-19,21-25,29H,4-5,7-9,11-16,37-38H2,1-3H3,(H,39,40)/t18-,19?,21?,22+,23-,24+,25+,29?,30+,31-/m1/s1. The van der Waals surface area contributed by atoms with E-state index < -0.39 is 18.4 Å². The zero-order valence-electron chi connectivity index (χ0n) is 24.6. The minimum atomic E-state index is -5.07. The summed E-state index contributed by atoms with van der Waals surface area (Å²) in [6.07, 6.45) is 2.54. The number of hydrogen-bond donors (Lipinski definition) is 3. The Kier molecular flexibility index (Phi) is 8.23. The fourth-order valence-electron chi connectivity index (χ4n) is 10.0. The van der Waals surface area contributed by atoms with Crippen LogP contribution in [0.4, 0.5) is 28.9 Å². The second-order valence-corrected chi connectivity index (χ2v) is 14.2. The second-order valence-electron chi connectivity index (χ2n) is 14.2. The lowest BCUT2D eigenvalue weighted by atomic mass is 9.44. The van der Waals surface area contributed by atoms with Gasteiger partial charge in [-0.05, 0) is 129 Å². The van der Waals surface area contributed by atoms with Gasteiger partial charge in [0, 0.05) is 12.1 Å². The summed E-state index contributed by atoms with van der Waals surface area (Å²) in [5.41, 5.74) is 13.7. The molecule has 4 saturated carbocycles. The molecule has 5 N–H and O–H groups in total. The van der Waals surface area contributed by atoms with E-state index in [1.165, 1.54) is 31.0 Å². The molecule has 41 heavy (non-hydrogen) atoms. The van der Waals surface area contributed by atoms with Crippen molar-refractivity contribution in [3.8, 4) is 5.75 Å². The molecule has 0 saturated heterocycles. The predicted octanol–water partition coefficient (Wildman–Crippen LogP) is 7.65. The van der Waals surface area contributed by atoms with Crippen LogP contribution in [0.2, 0.25) is 0 Å². The molecular formula is C32H47F4N3O2. The fourth-order valence-corrected chi connectivity index (χ4v) is 10.0. The normalized spacial score (nSPS) is 38.2. The lowest BCUT2D eigenvalue weighted by Crippen LogP contribution is -2.54. The molecule has 0 heterocycles. The van der Waals surface area contributed by atoms with Gasteiger partial charge in [0.15, 0.2) is 0 Å². The molecule has 9 heteroatoms. The summed E-state index contributed by atoms with van der Waals surface area (Å²) in [7, 11) is 0. The van der Waals surface area contributed by atoms with Crippen LogP contribution in [0, 0.1) is 46.3 Å². The van der Waals surface area contributed by atoms with Crippen molar-refractivity contribution in [1.82, 2.24) is 5.32 Å². The van der Waals surface area contributed by atoms with Crippen molar-refractivity contribution in [2.24, 2.45) is 46.3 Å². The van der Waals surface area contributed by atoms with Crippen molar-refractivity contribution < 1.29 is 27.1 Å². The van der Waals surface area contributed by atoms with E-state index in [2.05, 4.69) is 20.8 Å². The molecule has 0 spiro atoms. The number of alkyl halides is 4. The van der Waals surface area contributed by atoms with Crippen LogP contribution in [0.25, 0.3) is 0 Å². The van der Waals surface area contributed by atoms with E-state index in [4.69, 9.17) is 16.2 Å². The van der Waals surface area contributed by atoms with Crippen LogP contribution in [0.3, 0.4) is 0 Å². The summed E-state index contributed by atoms with van der Waals surface area (Å²) < 4.78 is 57.1. The first kappa shape index (κ1) is 30.3. The van der Waals surface area contributed by atoms with E-state index >= 15 is 0 Å². The van der Waals surface area contributed by atoms with Gasteiger partial charge in [0.1, 0.15) is 5.75 Å². The van der Waals surface area contributed by atoms with Crippen LogP contribution < -0.4 is 21.5 Å². The number of ether oxygens (including phenoxy) is 1. The van der Waals surface area contributed by atoms with Crippen molar-refractivity contribution in [3.63, 3.8) is 0 Å². The number of amides is 1. The molecule has 4 fully saturated rings. The number of halogens is 4. The summed E-state index contributed by atoms with van der Waals surface area (Å²) >= 11 is 0. The van der Waals surface area contributed by atoms with E-state index in [0.29, 0.717) is 52.8 Å². The highest BCUT2D eigenvalue weighted by Crippen LogP contribution is 2.68. The molecule has 1 aromatic rings. The van der Waals surface area contributed by atoms with Gasteiger partial charge in [-0.3, -0.25) is 4.79 Å². The molecule has 5 nitrogen and oxygen atoms in total. The van der Waals surface area contributed by atoms with Crippen molar-refractivity contribution in [2.75, 3.05) is 11.5 Å². The van der Waals surface area contributed by atoms with Gasteiger partial charge in [-0.1, -0.05) is 20.8 Å². The molecule has 10 atom stereocenters. The largest absolute Gasteiger partial charge is 0.488 e. The van der Waals surface area contributed by atoms with Crippen molar-refractivity contribution in [2.45, 2.75) is 110 Å². The second kappa shape index (κ2) is 11.1. The summed E-state index contributed by atoms with van der Waals surface area (Å²) in [6, 6.07) is 5.46. The van der Waals surface area contributed by atoms with E-state index in [1.807, 2.05) is 12.1 Å². The molecular weight excluding hydrogens is 534 g/mol. The van der Waals surface area contributed by atoms with Crippen molar-refractivity contribution >= 4 is 17.3 Å². The Balaban J connectivity index is 1.19. The number of nitrogen functional groups attached to an aromatic ring is 2. The first-order valence-electron chi connectivity index (χ1n) is 15.5. The molecule has 0 radical (unpaired) electrons. The van der Waals surface area contributed by atoms with E-state index in [0.717, 1.165) is 37.9 Å². The molecule has 4 aliphatic carbocycles. The summed E-state index contributed by atoms with van der Waals surface area (Å²) in [4.78, 5) is 12.0. The lowest BCUT2D eigenvalue weighted by molar-refractivity contribution is -0.191. The van der Waals surface area contributed by atoms with Gasteiger partial charge in [0.05, 0.1) is 11.8 Å². The van der Waals surface area contributed by atoms with Crippen LogP contribution in [0.5, 0.6) is 5.75 Å². The van der Waals surface area contributed by atoms with Crippen LogP contribution in [-0.2, 0) is 4.79 Å². The van der Waals surface area contributed by atoms with Crippen LogP contribution in [0.1, 0.15) is 91.4 Å². The fraction of sp³-hybridized carbons (Fsp3) is 0.781. The predicted molar refractivity (Wildman–Crippen MR) is 152 cm³/mol. The highest BCUT2D eigenvalue weighted by molar-refractivity contribution is 5.76. The van der Waals surface area contributed by atoms with Gasteiger partial charge in [0.2, 0.25) is 5.91 Å². The molecule has 1 amide bonds. The quantitative estimate of drug-likeness (QED) is 0.175. The summed E-state index contributed by atoms with van der Waals surface area (Å²) in [6.45, 7) is 7.08. The number of rotatable bonds is 7. The highest BCUT2D eigenvalue weighted by Gasteiger charge is 2.60. The van der Waals surface area contributed by atoms with Crippen LogP contribution in [-0.4, -0.2) is 24.5 Å². The third kappa shape index (κ3) is 5.75. The minimum absolute atomic E-state index is 0.0774. The Morgan fingerprint density at radius 1 is 1.05 bits per heavy atom. The van der Waals surface area contributed by atoms with Gasteiger partial charge in [-0.15, -0.1) is 0 Å². The zero-order chi connectivity index (χ0) is 29.7. The highest BCUT2D eigenvalue weighted by atomic mass is 19.4. The van der Waals surface area contributed by atoms with Crippen LogP contribution >= 0.6 is 0 Å². The molecule has 3 unspecified atom stereocenters. The Morgan fingerprint density at radius 3 is 2.46 bits per heavy atom. The summed E-state index contributed by atoms with van der Waals surface area (Å²) in [5, 5.41) is 1.47. The molecule has 1 aromatic carbocycles. The van der Waals surface area contributed by atoms with E-state index in [-0.39, 0.29) is 23.9 Å². The lowest BCUT2D eigenvalue weighted by Gasteiger charge is -2.61. The SMILES string of the molecule is C[C@H](CCC(=O)NC(F)C(F)(F)F)[C@H]1CC[C@H]2[C@@H]3CCC4CC(Oc5ccc(N)cc5N)CC[C@]4(C)[C@H]3CC[C@]12C. The number of nitrogens with two attached hydrogens (primary N) is 2. The number of carbonyl (C=O) groups is 1. The Bertz CT molecular complexity index is 1110. The van der Waals surface area contributed by atoms with Gasteiger partial charge in [0.25, 0.3) is 6.30 Å². The zero-order valence-corrected chi connectivity index (χ0v) is 24.6. The maximum atomic E-state index is 13.3. The van der Waals surface area contributed by atoms with E-state index in [9.17, 15) is 22.4 Å². The Hall–Kier alpha value is -2.19. The summed E-state index contributed by atoms with van der Waals surface area (Å²) in [5.74, 6) is 3.17. The topological polar surface area (TPSA) is 90.4 Å². The minimum Gasteiger partial charge on any atom is -0.488 e. The van der Waals surface area contributed by atoms with E-state index in [1.54, 1.807) is 6.07 Å². The number of hydrogen-bond acceptors (Lipinski definition) is 4.